The zero-order chi connectivity index (χ0) is 14.0. The predicted octanol–water partition coefficient (Wildman–Crippen LogP) is 1.77. The number of likely N-dealkylation sites (N-methyl/N-ethyl adjacent to an activating group) is 1. The number of nitrogens with zero attached hydrogens (tertiary/aromatic N) is 3. The van der Waals surface area contributed by atoms with E-state index in [0.717, 1.165) is 4.90 Å². The topological polar surface area (TPSA) is 75.4 Å². The number of carbonyl (C=O) groups excluding carboxylic acids is 1. The fourth-order valence-electron chi connectivity index (χ4n) is 1.29. The van der Waals surface area contributed by atoms with Crippen molar-refractivity contribution >= 4 is 27.8 Å². The third kappa shape index (κ3) is 2.90. The highest BCUT2D eigenvalue weighted by Gasteiger charge is 2.26. The minimum atomic E-state index is -1.05. The first-order valence-corrected chi connectivity index (χ1v) is 6.29. The van der Waals surface area contributed by atoms with Crippen molar-refractivity contribution in [2.75, 3.05) is 7.05 Å². The van der Waals surface area contributed by atoms with Crippen LogP contribution in [0, 0.1) is 0 Å². The summed E-state index contributed by atoms with van der Waals surface area (Å²) in [5, 5.41) is 13.0. The number of hydrogen-bond acceptors (Lipinski definition) is 3. The van der Waals surface area contributed by atoms with Crippen molar-refractivity contribution < 1.29 is 14.7 Å². The number of carboxylic acids is 1. The highest BCUT2D eigenvalue weighted by molar-refractivity contribution is 9.10. The van der Waals surface area contributed by atoms with Crippen molar-refractivity contribution in [2.24, 2.45) is 0 Å². The molecule has 1 aromatic rings. The molecular weight excluding hydrogens is 302 g/mol. The summed E-state index contributed by atoms with van der Waals surface area (Å²) in [5.41, 5.74) is 0.222. The van der Waals surface area contributed by atoms with E-state index in [1.807, 2.05) is 13.8 Å². The lowest BCUT2D eigenvalue weighted by Gasteiger charge is -2.20. The highest BCUT2D eigenvalue weighted by atomic mass is 79.9. The molecule has 0 fully saturated rings. The lowest BCUT2D eigenvalue weighted by molar-refractivity contribution is -0.141. The zero-order valence-corrected chi connectivity index (χ0v) is 12.3. The third-order valence-corrected chi connectivity index (χ3v) is 3.26. The lowest BCUT2D eigenvalue weighted by Crippen LogP contribution is -2.40. The van der Waals surface area contributed by atoms with Crippen LogP contribution in [0.2, 0.25) is 0 Å². The number of aliphatic carboxylic acids is 1. The molecule has 0 aliphatic rings. The second-order valence-electron chi connectivity index (χ2n) is 4.33. The zero-order valence-electron chi connectivity index (χ0n) is 10.7. The smallest absolute Gasteiger partial charge is 0.326 e. The van der Waals surface area contributed by atoms with Gasteiger partial charge in [0.05, 0.1) is 4.47 Å². The van der Waals surface area contributed by atoms with Crippen LogP contribution >= 0.6 is 15.9 Å². The van der Waals surface area contributed by atoms with E-state index in [2.05, 4.69) is 21.0 Å². The lowest BCUT2D eigenvalue weighted by atomic mass is 10.2. The van der Waals surface area contributed by atoms with Crippen LogP contribution in [0.3, 0.4) is 0 Å². The number of carbonyl (C=O) groups is 2. The quantitative estimate of drug-likeness (QED) is 0.918. The highest BCUT2D eigenvalue weighted by Crippen LogP contribution is 2.19. The van der Waals surface area contributed by atoms with Crippen molar-refractivity contribution in [1.29, 1.82) is 0 Å². The molecule has 1 atom stereocenters. The molecule has 18 heavy (non-hydrogen) atoms. The number of hydrogen-bond donors (Lipinski definition) is 1. The van der Waals surface area contributed by atoms with Crippen molar-refractivity contribution in [1.82, 2.24) is 14.7 Å². The maximum absolute atomic E-state index is 12.1. The van der Waals surface area contributed by atoms with Crippen LogP contribution in [0.5, 0.6) is 0 Å². The van der Waals surface area contributed by atoms with Gasteiger partial charge in [-0.05, 0) is 36.7 Å². The molecule has 1 amide bonds. The number of carboxylic acid groups (broad SMARTS) is 1. The minimum Gasteiger partial charge on any atom is -0.480 e. The second kappa shape index (κ2) is 5.51. The van der Waals surface area contributed by atoms with E-state index in [-0.39, 0.29) is 11.7 Å². The van der Waals surface area contributed by atoms with Gasteiger partial charge < -0.3 is 10.0 Å². The molecule has 6 nitrogen and oxygen atoms in total. The molecule has 0 saturated carbocycles. The number of amides is 1. The monoisotopic (exact) mass is 317 g/mol. The van der Waals surface area contributed by atoms with E-state index in [0.29, 0.717) is 4.47 Å². The molecule has 1 heterocycles. The van der Waals surface area contributed by atoms with Crippen LogP contribution in [0.25, 0.3) is 0 Å². The average Bonchev–Trinajstić information content (AvgIpc) is 2.68. The Morgan fingerprint density at radius 1 is 1.44 bits per heavy atom. The van der Waals surface area contributed by atoms with E-state index >= 15 is 0 Å². The van der Waals surface area contributed by atoms with Gasteiger partial charge in [0.25, 0.3) is 5.91 Å². The molecule has 100 valence electrons. The van der Waals surface area contributed by atoms with Gasteiger partial charge in [-0.1, -0.05) is 0 Å². The van der Waals surface area contributed by atoms with Gasteiger partial charge >= 0.3 is 5.97 Å². The molecule has 7 heteroatoms. The summed E-state index contributed by atoms with van der Waals surface area (Å²) < 4.78 is 2.21. The van der Waals surface area contributed by atoms with Crippen molar-refractivity contribution in [3.05, 3.63) is 16.4 Å². The van der Waals surface area contributed by atoms with Crippen molar-refractivity contribution in [3.8, 4) is 0 Å². The van der Waals surface area contributed by atoms with E-state index in [1.54, 1.807) is 10.9 Å². The van der Waals surface area contributed by atoms with Gasteiger partial charge in [0.1, 0.15) is 6.04 Å². The minimum absolute atomic E-state index is 0.130. The molecule has 0 aromatic carbocycles. The van der Waals surface area contributed by atoms with Gasteiger partial charge in [-0.3, -0.25) is 9.48 Å². The van der Waals surface area contributed by atoms with Gasteiger partial charge in [0.2, 0.25) is 0 Å². The van der Waals surface area contributed by atoms with E-state index in [4.69, 9.17) is 5.11 Å². The van der Waals surface area contributed by atoms with Crippen LogP contribution in [0.15, 0.2) is 10.7 Å². The maximum atomic E-state index is 12.1. The van der Waals surface area contributed by atoms with E-state index < -0.39 is 17.9 Å². The summed E-state index contributed by atoms with van der Waals surface area (Å²) in [7, 11) is 1.45. The molecule has 0 saturated heterocycles. The SMILES string of the molecule is CC(C(=O)O)N(C)C(=O)c1nn(C(C)C)cc1Br. The number of aromatic nitrogens is 2. The Kier molecular flexibility index (Phi) is 4.50. The van der Waals surface area contributed by atoms with Crippen LogP contribution < -0.4 is 0 Å². The molecule has 1 rings (SSSR count). The molecule has 0 bridgehead atoms. The predicted molar refractivity (Wildman–Crippen MR) is 69.5 cm³/mol. The Morgan fingerprint density at radius 3 is 2.39 bits per heavy atom. The normalized spacial score (nSPS) is 12.6. The van der Waals surface area contributed by atoms with Crippen LogP contribution in [0.4, 0.5) is 0 Å². The third-order valence-electron chi connectivity index (χ3n) is 2.68. The van der Waals surface area contributed by atoms with Crippen LogP contribution in [0.1, 0.15) is 37.3 Å². The summed E-state index contributed by atoms with van der Waals surface area (Å²) >= 11 is 3.26. The Labute approximate surface area is 114 Å². The standard InChI is InChI=1S/C11H16BrN3O3/c1-6(2)15-5-8(12)9(13-15)10(16)14(4)7(3)11(17)18/h5-7H,1-4H3,(H,17,18). The Morgan fingerprint density at radius 2 is 2.00 bits per heavy atom. The van der Waals surface area contributed by atoms with Crippen LogP contribution in [-0.4, -0.2) is 44.8 Å². The van der Waals surface area contributed by atoms with Gasteiger partial charge in [0, 0.05) is 19.3 Å². The van der Waals surface area contributed by atoms with Gasteiger partial charge in [-0.25, -0.2) is 4.79 Å². The first-order chi connectivity index (χ1) is 8.25. The number of halogens is 1. The Hall–Kier alpha value is -1.37. The molecule has 0 aliphatic carbocycles. The molecule has 0 radical (unpaired) electrons. The first kappa shape index (κ1) is 14.7. The fraction of sp³-hybridized carbons (Fsp3) is 0.545. The fourth-order valence-corrected chi connectivity index (χ4v) is 1.75. The van der Waals surface area contributed by atoms with E-state index in [1.165, 1.54) is 14.0 Å². The van der Waals surface area contributed by atoms with Gasteiger partial charge in [-0.15, -0.1) is 0 Å². The molecule has 0 aliphatic heterocycles. The van der Waals surface area contributed by atoms with Crippen LogP contribution in [-0.2, 0) is 4.79 Å². The summed E-state index contributed by atoms with van der Waals surface area (Å²) in [5.74, 6) is -1.47. The molecule has 1 unspecified atom stereocenters. The molecule has 1 aromatic heterocycles. The second-order valence-corrected chi connectivity index (χ2v) is 5.18. The molecule has 0 spiro atoms. The molecule has 1 N–H and O–H groups in total. The molecular formula is C11H16BrN3O3. The largest absolute Gasteiger partial charge is 0.480 e. The van der Waals surface area contributed by atoms with E-state index in [9.17, 15) is 9.59 Å². The maximum Gasteiger partial charge on any atom is 0.326 e. The first-order valence-electron chi connectivity index (χ1n) is 5.50. The van der Waals surface area contributed by atoms with Gasteiger partial charge in [0.15, 0.2) is 5.69 Å². The van der Waals surface area contributed by atoms with Crippen molar-refractivity contribution in [3.63, 3.8) is 0 Å². The van der Waals surface area contributed by atoms with Crippen molar-refractivity contribution in [2.45, 2.75) is 32.9 Å². The van der Waals surface area contributed by atoms with Gasteiger partial charge in [-0.2, -0.15) is 5.10 Å². The summed E-state index contributed by atoms with van der Waals surface area (Å²) in [6, 6.07) is -0.765. The Bertz CT molecular complexity index is 470. The summed E-state index contributed by atoms with van der Waals surface area (Å²) in [4.78, 5) is 24.1. The average molecular weight is 318 g/mol. The Balaban J connectivity index is 3.00. The number of rotatable bonds is 4. The summed E-state index contributed by atoms with van der Waals surface area (Å²) in [6.45, 7) is 5.34. The summed E-state index contributed by atoms with van der Waals surface area (Å²) in [6.07, 6.45) is 1.71.